The zero-order chi connectivity index (χ0) is 13.3. The van der Waals surface area contributed by atoms with Gasteiger partial charge in [0.1, 0.15) is 5.54 Å². The highest BCUT2D eigenvalue weighted by molar-refractivity contribution is 7.99. The summed E-state index contributed by atoms with van der Waals surface area (Å²) in [5, 5.41) is 13.0. The molecule has 1 aromatic rings. The Morgan fingerprint density at radius 1 is 1.37 bits per heavy atom. The molecule has 3 rings (SSSR count). The van der Waals surface area contributed by atoms with Crippen LogP contribution in [0.2, 0.25) is 0 Å². The Labute approximate surface area is 117 Å². The molecule has 0 spiro atoms. The number of hydrogen-bond donors (Lipinski definition) is 2. The smallest absolute Gasteiger partial charge is 0.324 e. The van der Waals surface area contributed by atoms with Crippen molar-refractivity contribution < 1.29 is 9.90 Å². The van der Waals surface area contributed by atoms with Crippen LogP contribution in [0, 0.1) is 0 Å². The Balaban J connectivity index is 1.67. The summed E-state index contributed by atoms with van der Waals surface area (Å²) in [7, 11) is 0. The van der Waals surface area contributed by atoms with Crippen LogP contribution in [0.15, 0.2) is 30.3 Å². The van der Waals surface area contributed by atoms with Crippen LogP contribution in [-0.2, 0) is 4.79 Å². The first kappa shape index (κ1) is 13.0. The van der Waals surface area contributed by atoms with E-state index in [0.717, 1.165) is 25.0 Å². The lowest BCUT2D eigenvalue weighted by atomic mass is 9.95. The SMILES string of the molecule is O=C(O)C1(NC2CC2c2ccccc2)CCCSC1. The van der Waals surface area contributed by atoms with Crippen molar-refractivity contribution in [2.24, 2.45) is 0 Å². The highest BCUT2D eigenvalue weighted by atomic mass is 32.2. The van der Waals surface area contributed by atoms with E-state index in [9.17, 15) is 9.90 Å². The van der Waals surface area contributed by atoms with Gasteiger partial charge in [-0.05, 0) is 30.6 Å². The lowest BCUT2D eigenvalue weighted by molar-refractivity contribution is -0.144. The third-order valence-electron chi connectivity index (χ3n) is 4.13. The predicted molar refractivity (Wildman–Crippen MR) is 77.6 cm³/mol. The fourth-order valence-electron chi connectivity index (χ4n) is 2.92. The highest BCUT2D eigenvalue weighted by Crippen LogP contribution is 2.43. The van der Waals surface area contributed by atoms with E-state index in [1.807, 2.05) is 18.2 Å². The number of carboxylic acids is 1. The van der Waals surface area contributed by atoms with Gasteiger partial charge in [-0.25, -0.2) is 0 Å². The second kappa shape index (κ2) is 5.17. The second-order valence-electron chi connectivity index (χ2n) is 5.55. The molecule has 1 heterocycles. The molecular formula is C15H19NO2S. The van der Waals surface area contributed by atoms with E-state index in [0.29, 0.717) is 17.7 Å². The minimum absolute atomic E-state index is 0.331. The van der Waals surface area contributed by atoms with Gasteiger partial charge in [0, 0.05) is 17.7 Å². The van der Waals surface area contributed by atoms with Crippen LogP contribution >= 0.6 is 11.8 Å². The van der Waals surface area contributed by atoms with Gasteiger partial charge in [0.05, 0.1) is 0 Å². The van der Waals surface area contributed by atoms with Crippen LogP contribution in [0.4, 0.5) is 0 Å². The number of aliphatic carboxylic acids is 1. The number of carboxylic acid groups (broad SMARTS) is 1. The van der Waals surface area contributed by atoms with Gasteiger partial charge in [-0.2, -0.15) is 11.8 Å². The maximum absolute atomic E-state index is 11.6. The number of benzene rings is 1. The van der Waals surface area contributed by atoms with Crippen molar-refractivity contribution in [2.45, 2.75) is 36.8 Å². The van der Waals surface area contributed by atoms with Crippen molar-refractivity contribution in [3.05, 3.63) is 35.9 Å². The maximum atomic E-state index is 11.6. The molecule has 1 aliphatic carbocycles. The van der Waals surface area contributed by atoms with E-state index in [1.54, 1.807) is 11.8 Å². The molecule has 2 fully saturated rings. The Kier molecular flexibility index (Phi) is 3.54. The fraction of sp³-hybridized carbons (Fsp3) is 0.533. The minimum atomic E-state index is -0.697. The van der Waals surface area contributed by atoms with Gasteiger partial charge in [-0.1, -0.05) is 30.3 Å². The first-order chi connectivity index (χ1) is 9.21. The monoisotopic (exact) mass is 277 g/mol. The first-order valence-corrected chi connectivity index (χ1v) is 8.00. The average molecular weight is 277 g/mol. The quantitative estimate of drug-likeness (QED) is 0.887. The van der Waals surface area contributed by atoms with Crippen molar-refractivity contribution in [1.82, 2.24) is 5.32 Å². The summed E-state index contributed by atoms with van der Waals surface area (Å²) in [6, 6.07) is 10.7. The van der Waals surface area contributed by atoms with Crippen molar-refractivity contribution in [3.63, 3.8) is 0 Å². The van der Waals surface area contributed by atoms with Gasteiger partial charge in [0.15, 0.2) is 0 Å². The largest absolute Gasteiger partial charge is 0.480 e. The van der Waals surface area contributed by atoms with Crippen LogP contribution < -0.4 is 5.32 Å². The van der Waals surface area contributed by atoms with Gasteiger partial charge in [-0.3, -0.25) is 10.1 Å². The molecule has 1 saturated carbocycles. The molecule has 0 aromatic heterocycles. The molecular weight excluding hydrogens is 258 g/mol. The molecule has 4 heteroatoms. The summed E-state index contributed by atoms with van der Waals surface area (Å²) < 4.78 is 0. The molecule has 19 heavy (non-hydrogen) atoms. The van der Waals surface area contributed by atoms with Crippen molar-refractivity contribution >= 4 is 17.7 Å². The van der Waals surface area contributed by atoms with Gasteiger partial charge < -0.3 is 5.11 Å². The Morgan fingerprint density at radius 3 is 2.79 bits per heavy atom. The summed E-state index contributed by atoms with van der Waals surface area (Å²) in [5.74, 6) is 1.59. The number of hydrogen-bond acceptors (Lipinski definition) is 3. The third kappa shape index (κ3) is 2.65. The predicted octanol–water partition coefficient (Wildman–Crippen LogP) is 2.48. The fourth-order valence-corrected chi connectivity index (χ4v) is 4.11. The minimum Gasteiger partial charge on any atom is -0.480 e. The van der Waals surface area contributed by atoms with Gasteiger partial charge in [0.25, 0.3) is 0 Å². The third-order valence-corrected chi connectivity index (χ3v) is 5.40. The maximum Gasteiger partial charge on any atom is 0.324 e. The molecule has 1 saturated heterocycles. The zero-order valence-electron chi connectivity index (χ0n) is 10.8. The van der Waals surface area contributed by atoms with E-state index in [4.69, 9.17) is 0 Å². The summed E-state index contributed by atoms with van der Waals surface area (Å²) in [6.45, 7) is 0. The van der Waals surface area contributed by atoms with Crippen molar-refractivity contribution in [3.8, 4) is 0 Å². The number of carbonyl (C=O) groups is 1. The molecule has 0 bridgehead atoms. The summed E-state index contributed by atoms with van der Waals surface area (Å²) in [5.41, 5.74) is 0.626. The molecule has 1 aromatic carbocycles. The zero-order valence-corrected chi connectivity index (χ0v) is 11.7. The molecule has 3 atom stereocenters. The molecule has 0 radical (unpaired) electrons. The summed E-state index contributed by atoms with van der Waals surface area (Å²) in [4.78, 5) is 11.6. The Bertz CT molecular complexity index is 456. The van der Waals surface area contributed by atoms with Crippen LogP contribution in [0.5, 0.6) is 0 Å². The first-order valence-electron chi connectivity index (χ1n) is 6.85. The Hall–Kier alpha value is -1.00. The standard InChI is InChI=1S/C15H19NO2S/c17-14(18)15(7-4-8-19-10-15)16-13-9-12(13)11-5-2-1-3-6-11/h1-3,5-6,12-13,16H,4,7-10H2,(H,17,18). The molecule has 102 valence electrons. The van der Waals surface area contributed by atoms with Gasteiger partial charge in [0.2, 0.25) is 0 Å². The van der Waals surface area contributed by atoms with E-state index in [1.165, 1.54) is 5.56 Å². The number of rotatable bonds is 4. The number of thioether (sulfide) groups is 1. The number of nitrogens with one attached hydrogen (secondary N) is 1. The summed E-state index contributed by atoms with van der Waals surface area (Å²) in [6.07, 6.45) is 2.81. The van der Waals surface area contributed by atoms with Crippen LogP contribution in [0.1, 0.15) is 30.7 Å². The van der Waals surface area contributed by atoms with Crippen LogP contribution in [-0.4, -0.2) is 34.2 Å². The molecule has 3 unspecified atom stereocenters. The van der Waals surface area contributed by atoms with Crippen molar-refractivity contribution in [2.75, 3.05) is 11.5 Å². The van der Waals surface area contributed by atoms with Crippen molar-refractivity contribution in [1.29, 1.82) is 0 Å². The molecule has 3 nitrogen and oxygen atoms in total. The molecule has 2 aliphatic rings. The molecule has 2 N–H and O–H groups in total. The highest BCUT2D eigenvalue weighted by Gasteiger charge is 2.48. The normalized spacial score (nSPS) is 33.9. The molecule has 1 aliphatic heterocycles. The van der Waals surface area contributed by atoms with E-state index in [2.05, 4.69) is 17.4 Å². The van der Waals surface area contributed by atoms with E-state index < -0.39 is 11.5 Å². The van der Waals surface area contributed by atoms with Crippen LogP contribution in [0.25, 0.3) is 0 Å². The Morgan fingerprint density at radius 2 is 2.16 bits per heavy atom. The lowest BCUT2D eigenvalue weighted by Gasteiger charge is -2.34. The average Bonchev–Trinajstić information content (AvgIpc) is 3.20. The van der Waals surface area contributed by atoms with E-state index in [-0.39, 0.29) is 0 Å². The van der Waals surface area contributed by atoms with Crippen LogP contribution in [0.3, 0.4) is 0 Å². The molecule has 0 amide bonds. The topological polar surface area (TPSA) is 49.3 Å². The van der Waals surface area contributed by atoms with E-state index >= 15 is 0 Å². The van der Waals surface area contributed by atoms with Gasteiger partial charge in [-0.15, -0.1) is 0 Å². The second-order valence-corrected chi connectivity index (χ2v) is 6.65. The summed E-state index contributed by atoms with van der Waals surface area (Å²) >= 11 is 1.75. The lowest BCUT2D eigenvalue weighted by Crippen LogP contribution is -2.56. The van der Waals surface area contributed by atoms with Gasteiger partial charge >= 0.3 is 5.97 Å².